The van der Waals surface area contributed by atoms with Crippen LogP contribution >= 0.6 is 0 Å². The number of benzene rings is 3. The zero-order chi connectivity index (χ0) is 19.4. The van der Waals surface area contributed by atoms with Crippen molar-refractivity contribution < 1.29 is 17.9 Å². The van der Waals surface area contributed by atoms with E-state index in [1.165, 1.54) is 19.1 Å². The van der Waals surface area contributed by atoms with Crippen LogP contribution in [0.2, 0.25) is 0 Å². The molecule has 138 valence electrons. The van der Waals surface area contributed by atoms with E-state index in [9.17, 15) is 13.2 Å². The van der Waals surface area contributed by atoms with E-state index >= 15 is 0 Å². The summed E-state index contributed by atoms with van der Waals surface area (Å²) in [5, 5.41) is 0. The van der Waals surface area contributed by atoms with E-state index in [1.807, 2.05) is 19.1 Å². The number of aryl methyl sites for hydroxylation is 1. The molecule has 0 fully saturated rings. The van der Waals surface area contributed by atoms with Gasteiger partial charge in [-0.15, -0.1) is 0 Å². The van der Waals surface area contributed by atoms with Crippen LogP contribution in [0.15, 0.2) is 77.7 Å². The molecule has 0 saturated heterocycles. The Morgan fingerprint density at radius 1 is 0.815 bits per heavy atom. The van der Waals surface area contributed by atoms with Gasteiger partial charge in [0, 0.05) is 11.3 Å². The molecule has 0 aliphatic heterocycles. The quantitative estimate of drug-likeness (QED) is 0.623. The Morgan fingerprint density at radius 2 is 1.33 bits per heavy atom. The molecule has 0 aliphatic carbocycles. The summed E-state index contributed by atoms with van der Waals surface area (Å²) in [6, 6.07) is 20.0. The molecular weight excluding hydrogens is 362 g/mol. The smallest absolute Gasteiger partial charge is 0.261 e. The van der Waals surface area contributed by atoms with Crippen molar-refractivity contribution in [1.82, 2.24) is 0 Å². The van der Waals surface area contributed by atoms with Crippen LogP contribution < -0.4 is 9.46 Å². The first-order chi connectivity index (χ1) is 12.8. The van der Waals surface area contributed by atoms with Crippen molar-refractivity contribution in [3.8, 4) is 11.5 Å². The Morgan fingerprint density at radius 3 is 1.85 bits per heavy atom. The lowest BCUT2D eigenvalue weighted by atomic mass is 10.1. The van der Waals surface area contributed by atoms with Gasteiger partial charge in [-0.2, -0.15) is 0 Å². The van der Waals surface area contributed by atoms with Gasteiger partial charge in [-0.1, -0.05) is 17.7 Å². The highest BCUT2D eigenvalue weighted by Crippen LogP contribution is 2.24. The number of ketones is 1. The molecule has 6 heteroatoms. The summed E-state index contributed by atoms with van der Waals surface area (Å²) in [4.78, 5) is 11.4. The normalized spacial score (nSPS) is 11.0. The van der Waals surface area contributed by atoms with Gasteiger partial charge in [0.05, 0.1) is 4.90 Å². The highest BCUT2D eigenvalue weighted by Gasteiger charge is 2.14. The van der Waals surface area contributed by atoms with Gasteiger partial charge in [0.15, 0.2) is 5.78 Å². The number of sulfonamides is 1. The third kappa shape index (κ3) is 4.74. The molecule has 0 bridgehead atoms. The van der Waals surface area contributed by atoms with Crippen molar-refractivity contribution in [2.75, 3.05) is 4.72 Å². The second-order valence-corrected chi connectivity index (χ2v) is 7.81. The molecule has 27 heavy (non-hydrogen) atoms. The third-order valence-electron chi connectivity index (χ3n) is 3.93. The van der Waals surface area contributed by atoms with Crippen LogP contribution in [0.25, 0.3) is 0 Å². The molecule has 3 aromatic carbocycles. The average molecular weight is 381 g/mol. The number of anilines is 1. The third-order valence-corrected chi connectivity index (χ3v) is 5.33. The minimum Gasteiger partial charge on any atom is -0.457 e. The maximum Gasteiger partial charge on any atom is 0.261 e. The van der Waals surface area contributed by atoms with Crippen molar-refractivity contribution in [3.05, 3.63) is 83.9 Å². The van der Waals surface area contributed by atoms with E-state index in [0.717, 1.165) is 5.56 Å². The number of ether oxygens (including phenoxy) is 1. The van der Waals surface area contributed by atoms with Crippen LogP contribution in [-0.2, 0) is 10.0 Å². The largest absolute Gasteiger partial charge is 0.457 e. The van der Waals surface area contributed by atoms with Crippen LogP contribution in [0, 0.1) is 6.92 Å². The van der Waals surface area contributed by atoms with Gasteiger partial charge >= 0.3 is 0 Å². The summed E-state index contributed by atoms with van der Waals surface area (Å²) in [5.41, 5.74) is 2.16. The number of rotatable bonds is 6. The lowest BCUT2D eigenvalue weighted by Gasteiger charge is -2.10. The Labute approximate surface area is 158 Å². The molecule has 0 spiro atoms. The molecule has 0 unspecified atom stereocenters. The molecule has 0 heterocycles. The number of nitrogens with one attached hydrogen (secondary N) is 1. The predicted octanol–water partition coefficient (Wildman–Crippen LogP) is 4.79. The maximum absolute atomic E-state index is 12.5. The lowest BCUT2D eigenvalue weighted by Crippen LogP contribution is -2.12. The molecule has 5 nitrogen and oxygen atoms in total. The molecule has 3 rings (SSSR count). The Hall–Kier alpha value is -3.12. The van der Waals surface area contributed by atoms with Crippen molar-refractivity contribution >= 4 is 21.5 Å². The van der Waals surface area contributed by atoms with E-state index in [1.54, 1.807) is 48.5 Å². The second-order valence-electron chi connectivity index (χ2n) is 6.13. The molecule has 0 amide bonds. The molecular formula is C21H19NO4S. The highest BCUT2D eigenvalue weighted by atomic mass is 32.2. The second kappa shape index (κ2) is 7.63. The van der Waals surface area contributed by atoms with E-state index < -0.39 is 10.0 Å². The van der Waals surface area contributed by atoms with Gasteiger partial charge in [-0.05, 0) is 74.5 Å². The number of carbonyl (C=O) groups is 1. The van der Waals surface area contributed by atoms with Gasteiger partial charge in [-0.3, -0.25) is 9.52 Å². The maximum atomic E-state index is 12.5. The Balaban J connectivity index is 1.72. The molecule has 0 radical (unpaired) electrons. The van der Waals surface area contributed by atoms with E-state index in [0.29, 0.717) is 22.7 Å². The highest BCUT2D eigenvalue weighted by molar-refractivity contribution is 7.92. The predicted molar refractivity (Wildman–Crippen MR) is 105 cm³/mol. The lowest BCUT2D eigenvalue weighted by molar-refractivity contribution is 0.101. The molecule has 0 aromatic heterocycles. The number of hydrogen-bond donors (Lipinski definition) is 1. The summed E-state index contributed by atoms with van der Waals surface area (Å²) in [6.45, 7) is 3.43. The fraction of sp³-hybridized carbons (Fsp3) is 0.0952. The summed E-state index contributed by atoms with van der Waals surface area (Å²) in [5.74, 6) is 1.05. The fourth-order valence-electron chi connectivity index (χ4n) is 2.42. The van der Waals surface area contributed by atoms with E-state index in [2.05, 4.69) is 4.72 Å². The van der Waals surface area contributed by atoms with Gasteiger partial charge in [0.25, 0.3) is 10.0 Å². The van der Waals surface area contributed by atoms with Crippen molar-refractivity contribution in [3.63, 3.8) is 0 Å². The molecule has 0 atom stereocenters. The van der Waals surface area contributed by atoms with Crippen molar-refractivity contribution in [1.29, 1.82) is 0 Å². The number of Topliss-reactive ketones (excluding diaryl/α,β-unsaturated/α-hetero) is 1. The van der Waals surface area contributed by atoms with Crippen LogP contribution in [0.5, 0.6) is 11.5 Å². The molecule has 1 N–H and O–H groups in total. The summed E-state index contributed by atoms with van der Waals surface area (Å²) >= 11 is 0. The molecule has 0 aliphatic rings. The zero-order valence-electron chi connectivity index (χ0n) is 15.0. The van der Waals surface area contributed by atoms with Crippen LogP contribution in [0.3, 0.4) is 0 Å². The van der Waals surface area contributed by atoms with E-state index in [-0.39, 0.29) is 10.7 Å². The van der Waals surface area contributed by atoms with Crippen LogP contribution in [0.4, 0.5) is 5.69 Å². The number of hydrogen-bond acceptors (Lipinski definition) is 4. The fourth-order valence-corrected chi connectivity index (χ4v) is 3.47. The summed E-state index contributed by atoms with van der Waals surface area (Å²) in [6.07, 6.45) is 0. The Bertz CT molecular complexity index is 1040. The first-order valence-electron chi connectivity index (χ1n) is 8.32. The SMILES string of the molecule is CC(=O)c1ccc(Oc2ccc(S(=O)(=O)Nc3ccc(C)cc3)cc2)cc1. The molecule has 3 aromatic rings. The topological polar surface area (TPSA) is 72.5 Å². The minimum atomic E-state index is -3.67. The monoisotopic (exact) mass is 381 g/mol. The van der Waals surface area contributed by atoms with Crippen LogP contribution in [-0.4, -0.2) is 14.2 Å². The van der Waals surface area contributed by atoms with Gasteiger partial charge < -0.3 is 4.74 Å². The molecule has 0 saturated carbocycles. The number of carbonyl (C=O) groups excluding carboxylic acids is 1. The van der Waals surface area contributed by atoms with E-state index in [4.69, 9.17) is 4.74 Å². The Kier molecular flexibility index (Phi) is 5.28. The average Bonchev–Trinajstić information content (AvgIpc) is 2.64. The minimum absolute atomic E-state index is 0.0165. The summed E-state index contributed by atoms with van der Waals surface area (Å²) in [7, 11) is -3.67. The first-order valence-corrected chi connectivity index (χ1v) is 9.80. The first kappa shape index (κ1) is 18.7. The van der Waals surface area contributed by atoms with Crippen LogP contribution in [0.1, 0.15) is 22.8 Å². The standard InChI is InChI=1S/C21H19NO4S/c1-15-3-7-18(8-4-15)22-27(24,25)21-13-11-20(12-14-21)26-19-9-5-17(6-10-19)16(2)23/h3-14,22H,1-2H3. The van der Waals surface area contributed by atoms with Crippen molar-refractivity contribution in [2.24, 2.45) is 0 Å². The zero-order valence-corrected chi connectivity index (χ0v) is 15.8. The summed E-state index contributed by atoms with van der Waals surface area (Å²) < 4.78 is 33.2. The van der Waals surface area contributed by atoms with Crippen molar-refractivity contribution in [2.45, 2.75) is 18.7 Å². The van der Waals surface area contributed by atoms with Gasteiger partial charge in [0.1, 0.15) is 11.5 Å². The van der Waals surface area contributed by atoms with Gasteiger partial charge in [0.2, 0.25) is 0 Å². The van der Waals surface area contributed by atoms with Gasteiger partial charge in [-0.25, -0.2) is 8.42 Å².